The van der Waals surface area contributed by atoms with Crippen molar-refractivity contribution in [2.24, 2.45) is 0 Å². The average molecular weight is 836 g/mol. The van der Waals surface area contributed by atoms with Gasteiger partial charge in [0, 0.05) is 105 Å². The normalized spacial score (nSPS) is 0. The molecular formula is Bi4. The fourth-order valence-corrected chi connectivity index (χ4v) is 0. The van der Waals surface area contributed by atoms with Crippen LogP contribution in [0, 0.1) is 0 Å². The van der Waals surface area contributed by atoms with E-state index in [1.807, 2.05) is 0 Å². The van der Waals surface area contributed by atoms with Gasteiger partial charge in [-0.1, -0.05) is 0 Å². The van der Waals surface area contributed by atoms with E-state index in [0.717, 1.165) is 0 Å². The third-order valence-electron chi connectivity index (χ3n) is 0. The standard InChI is InChI=1S/4Bi. The van der Waals surface area contributed by atoms with Crippen LogP contribution in [-0.2, 0) is 0 Å². The van der Waals surface area contributed by atoms with Crippen molar-refractivity contribution in [3.63, 3.8) is 0 Å². The van der Waals surface area contributed by atoms with Gasteiger partial charge in [0.25, 0.3) is 0 Å². The van der Waals surface area contributed by atoms with Gasteiger partial charge in [-0.3, -0.25) is 0 Å². The molecule has 0 aliphatic heterocycles. The molecule has 0 atom stereocenters. The maximum Gasteiger partial charge on any atom is 0 e. The molecule has 0 N–H and O–H groups in total. The molecule has 0 aliphatic carbocycles. The van der Waals surface area contributed by atoms with Gasteiger partial charge in [0.15, 0.2) is 0 Å². The zero-order chi connectivity index (χ0) is 0. The minimum Gasteiger partial charge on any atom is 0 e. The summed E-state index contributed by atoms with van der Waals surface area (Å²) in [5.74, 6) is 0. The summed E-state index contributed by atoms with van der Waals surface area (Å²) < 4.78 is 0. The van der Waals surface area contributed by atoms with E-state index < -0.39 is 0 Å². The Morgan fingerprint density at radius 1 is 0.250 bits per heavy atom. The van der Waals surface area contributed by atoms with Crippen LogP contribution in [0.5, 0.6) is 0 Å². The summed E-state index contributed by atoms with van der Waals surface area (Å²) in [6.45, 7) is 0. The molecule has 0 fully saturated rings. The molecule has 0 aromatic heterocycles. The molecule has 0 saturated carbocycles. The van der Waals surface area contributed by atoms with Gasteiger partial charge < -0.3 is 0 Å². The number of rotatable bonds is 0. The summed E-state index contributed by atoms with van der Waals surface area (Å²) in [5, 5.41) is 0. The monoisotopic (exact) mass is 836 g/mol. The second-order valence-corrected chi connectivity index (χ2v) is 0. The first-order valence-electron chi connectivity index (χ1n) is 0. The first-order valence-corrected chi connectivity index (χ1v) is 0. The van der Waals surface area contributed by atoms with Crippen LogP contribution in [0.1, 0.15) is 0 Å². The summed E-state index contributed by atoms with van der Waals surface area (Å²) in [5.41, 5.74) is 0. The minimum absolute atomic E-state index is 0. The van der Waals surface area contributed by atoms with Gasteiger partial charge in [-0.25, -0.2) is 0 Å². The molecule has 0 aliphatic rings. The second-order valence-electron chi connectivity index (χ2n) is 0. The first kappa shape index (κ1) is 25.8. The Bertz CT molecular complexity index is 0. The Morgan fingerprint density at radius 2 is 0.250 bits per heavy atom. The number of hydrogen-bond acceptors (Lipinski definition) is 0. The smallest absolute Gasteiger partial charge is 0 e. The summed E-state index contributed by atoms with van der Waals surface area (Å²) in [4.78, 5) is 0. The van der Waals surface area contributed by atoms with Crippen LogP contribution in [0.25, 0.3) is 0 Å². The van der Waals surface area contributed by atoms with E-state index in [0.29, 0.717) is 0 Å². The zero-order valence-corrected chi connectivity index (χ0v) is 15.7. The molecule has 0 heterocycles. The first-order chi connectivity index (χ1) is 0. The van der Waals surface area contributed by atoms with E-state index in [1.54, 1.807) is 0 Å². The van der Waals surface area contributed by atoms with Crippen molar-refractivity contribution in [2.75, 3.05) is 0 Å². The Balaban J connectivity index is 0. The fourth-order valence-electron chi connectivity index (χ4n) is 0. The second kappa shape index (κ2) is 16.0. The molecule has 0 saturated heterocycles. The molecule has 4 heavy (non-hydrogen) atoms. The van der Waals surface area contributed by atoms with Crippen LogP contribution in [0.2, 0.25) is 0 Å². The average Bonchev–Trinajstić information content (AvgIpc) is 0. The Kier molecular flexibility index (Phi) is 103. The van der Waals surface area contributed by atoms with Crippen LogP contribution in [-0.4, -0.2) is 105 Å². The quantitative estimate of drug-likeness (QED) is 0.261. The van der Waals surface area contributed by atoms with Crippen molar-refractivity contribution >= 4 is 105 Å². The topological polar surface area (TPSA) is 0 Å². The molecule has 0 aromatic rings. The predicted molar refractivity (Wildman–Crippen MR) is 23.0 cm³/mol. The van der Waals surface area contributed by atoms with Crippen molar-refractivity contribution in [3.05, 3.63) is 0 Å². The van der Waals surface area contributed by atoms with E-state index in [2.05, 4.69) is 0 Å². The van der Waals surface area contributed by atoms with Crippen molar-refractivity contribution < 1.29 is 0 Å². The molecular weight excluding hydrogens is 836 g/mol. The van der Waals surface area contributed by atoms with Crippen molar-refractivity contribution in [2.45, 2.75) is 0 Å². The fraction of sp³-hybridized carbons (Fsp3) is 0. The van der Waals surface area contributed by atoms with Crippen LogP contribution in [0.15, 0.2) is 0 Å². The molecule has 0 nitrogen and oxygen atoms in total. The predicted octanol–water partition coefficient (Wildman–Crippen LogP) is -1.52. The van der Waals surface area contributed by atoms with E-state index in [1.165, 1.54) is 0 Å². The molecule has 0 amide bonds. The van der Waals surface area contributed by atoms with E-state index in [-0.39, 0.29) is 105 Å². The maximum atomic E-state index is 0. The van der Waals surface area contributed by atoms with Gasteiger partial charge in [-0.05, 0) is 0 Å². The van der Waals surface area contributed by atoms with E-state index >= 15 is 0 Å². The largest absolute Gasteiger partial charge is 0 e. The summed E-state index contributed by atoms with van der Waals surface area (Å²) in [6.07, 6.45) is 0. The van der Waals surface area contributed by atoms with Gasteiger partial charge >= 0.3 is 0 Å². The van der Waals surface area contributed by atoms with Crippen LogP contribution in [0.4, 0.5) is 0 Å². The van der Waals surface area contributed by atoms with Crippen LogP contribution >= 0.6 is 0 Å². The molecule has 0 rings (SSSR count). The molecule has 0 unspecified atom stereocenters. The maximum absolute atomic E-state index is 0. The van der Waals surface area contributed by atoms with Gasteiger partial charge in [0.1, 0.15) is 0 Å². The van der Waals surface area contributed by atoms with Gasteiger partial charge in [-0.2, -0.15) is 0 Å². The molecule has 20 valence electrons. The molecule has 0 aromatic carbocycles. The molecule has 0 bridgehead atoms. The van der Waals surface area contributed by atoms with Gasteiger partial charge in [0.2, 0.25) is 0 Å². The van der Waals surface area contributed by atoms with Crippen molar-refractivity contribution in [1.82, 2.24) is 0 Å². The Hall–Kier alpha value is 3.53. The SMILES string of the molecule is [Bi].[Bi].[Bi].[Bi]. The Morgan fingerprint density at radius 3 is 0.250 bits per heavy atom. The Labute approximate surface area is 102 Å². The van der Waals surface area contributed by atoms with Gasteiger partial charge in [0.05, 0.1) is 0 Å². The third kappa shape index (κ3) is 9.11. The zero-order valence-electron chi connectivity index (χ0n) is 1.79. The van der Waals surface area contributed by atoms with E-state index in [9.17, 15) is 0 Å². The van der Waals surface area contributed by atoms with Crippen LogP contribution < -0.4 is 0 Å². The van der Waals surface area contributed by atoms with Crippen molar-refractivity contribution in [3.8, 4) is 0 Å². The summed E-state index contributed by atoms with van der Waals surface area (Å²) in [6, 6.07) is 0. The van der Waals surface area contributed by atoms with Gasteiger partial charge in [-0.15, -0.1) is 0 Å². The molecule has 12 radical (unpaired) electrons. The van der Waals surface area contributed by atoms with Crippen LogP contribution in [0.3, 0.4) is 0 Å². The molecule has 4 heteroatoms. The van der Waals surface area contributed by atoms with Crippen molar-refractivity contribution in [1.29, 1.82) is 0 Å². The summed E-state index contributed by atoms with van der Waals surface area (Å²) >= 11 is 0. The molecule has 0 spiro atoms. The minimum atomic E-state index is 0. The summed E-state index contributed by atoms with van der Waals surface area (Å²) in [7, 11) is 0. The third-order valence-corrected chi connectivity index (χ3v) is 0. The number of hydrogen-bond donors (Lipinski definition) is 0. The van der Waals surface area contributed by atoms with E-state index in [4.69, 9.17) is 0 Å².